The summed E-state index contributed by atoms with van der Waals surface area (Å²) in [6, 6.07) is 8.40. The van der Waals surface area contributed by atoms with E-state index in [-0.39, 0.29) is 29.6 Å². The van der Waals surface area contributed by atoms with Gasteiger partial charge >= 0.3 is 5.97 Å². The van der Waals surface area contributed by atoms with E-state index in [1.54, 1.807) is 14.7 Å². The Morgan fingerprint density at radius 3 is 2.56 bits per heavy atom. The molecule has 8 heteroatoms. The zero-order chi connectivity index (χ0) is 22.5. The first-order chi connectivity index (χ1) is 15.5. The Balaban J connectivity index is 1.44. The minimum atomic E-state index is -0.791. The van der Waals surface area contributed by atoms with E-state index < -0.39 is 17.6 Å². The summed E-state index contributed by atoms with van der Waals surface area (Å²) in [6.45, 7) is 3.42. The molecular weight excluding hydrogens is 410 g/mol. The van der Waals surface area contributed by atoms with Crippen LogP contribution in [0.25, 0.3) is 0 Å². The zero-order valence-electron chi connectivity index (χ0n) is 18.4. The standard InChI is InChI=1S/C24H29N3O5/c1-2-19(28)27-13-12-25(23(31)24(27)9-10-24)18(14-16-6-4-3-5-7-16)21(29)26-11-8-17-15-32-22(30)20(17)26/h3-7,17-18,20H,2,8-15H2,1H3/t17-,18-,20-/m0/s1. The maximum atomic E-state index is 13.8. The van der Waals surface area contributed by atoms with Gasteiger partial charge in [0.25, 0.3) is 0 Å². The third-order valence-electron chi connectivity index (χ3n) is 7.49. The lowest BCUT2D eigenvalue weighted by Crippen LogP contribution is -2.65. The first kappa shape index (κ1) is 21.0. The van der Waals surface area contributed by atoms with Crippen LogP contribution in [-0.4, -0.2) is 82.3 Å². The Bertz CT molecular complexity index is 944. The summed E-state index contributed by atoms with van der Waals surface area (Å²) in [6.07, 6.45) is 2.76. The highest BCUT2D eigenvalue weighted by atomic mass is 16.5. The highest BCUT2D eigenvalue weighted by Gasteiger charge is 2.61. The molecule has 3 aliphatic heterocycles. The predicted molar refractivity (Wildman–Crippen MR) is 114 cm³/mol. The van der Waals surface area contributed by atoms with Crippen molar-refractivity contribution < 1.29 is 23.9 Å². The fraction of sp³-hybridized carbons (Fsp3) is 0.583. The molecule has 0 radical (unpaired) electrons. The number of likely N-dealkylation sites (tertiary alicyclic amines) is 1. The molecule has 1 aliphatic carbocycles. The van der Waals surface area contributed by atoms with Crippen molar-refractivity contribution in [1.82, 2.24) is 14.7 Å². The van der Waals surface area contributed by atoms with Crippen LogP contribution < -0.4 is 0 Å². The number of carbonyl (C=O) groups is 4. The molecule has 5 rings (SSSR count). The average Bonchev–Trinajstić information content (AvgIpc) is 3.34. The minimum absolute atomic E-state index is 0.0162. The van der Waals surface area contributed by atoms with E-state index in [4.69, 9.17) is 4.74 Å². The summed E-state index contributed by atoms with van der Waals surface area (Å²) >= 11 is 0. The molecule has 3 atom stereocenters. The maximum absolute atomic E-state index is 13.8. The molecule has 1 spiro atoms. The largest absolute Gasteiger partial charge is 0.464 e. The van der Waals surface area contributed by atoms with Crippen molar-refractivity contribution in [2.75, 3.05) is 26.2 Å². The van der Waals surface area contributed by atoms with Crippen LogP contribution in [-0.2, 0) is 30.3 Å². The molecule has 3 amide bonds. The Labute approximate surface area is 187 Å². The van der Waals surface area contributed by atoms with Gasteiger partial charge in [0.2, 0.25) is 17.7 Å². The van der Waals surface area contributed by atoms with Gasteiger partial charge in [0.15, 0.2) is 0 Å². The fourth-order valence-corrected chi connectivity index (χ4v) is 5.59. The van der Waals surface area contributed by atoms with E-state index in [0.717, 1.165) is 12.0 Å². The van der Waals surface area contributed by atoms with Gasteiger partial charge in [-0.25, -0.2) is 4.79 Å². The van der Waals surface area contributed by atoms with Gasteiger partial charge in [-0.3, -0.25) is 14.4 Å². The van der Waals surface area contributed by atoms with Crippen LogP contribution in [0.15, 0.2) is 30.3 Å². The maximum Gasteiger partial charge on any atom is 0.329 e. The Morgan fingerprint density at radius 1 is 1.12 bits per heavy atom. The average molecular weight is 440 g/mol. The van der Waals surface area contributed by atoms with Gasteiger partial charge in [-0.1, -0.05) is 37.3 Å². The normalized spacial score (nSPS) is 26.8. The van der Waals surface area contributed by atoms with Crippen molar-refractivity contribution in [1.29, 1.82) is 0 Å². The molecule has 170 valence electrons. The minimum Gasteiger partial charge on any atom is -0.464 e. The molecular formula is C24H29N3O5. The zero-order valence-corrected chi connectivity index (χ0v) is 18.4. The van der Waals surface area contributed by atoms with Crippen molar-refractivity contribution in [3.63, 3.8) is 0 Å². The van der Waals surface area contributed by atoms with Gasteiger partial charge in [-0.15, -0.1) is 0 Å². The van der Waals surface area contributed by atoms with E-state index in [1.165, 1.54) is 0 Å². The number of hydrogen-bond acceptors (Lipinski definition) is 5. The highest BCUT2D eigenvalue weighted by molar-refractivity contribution is 5.99. The van der Waals surface area contributed by atoms with E-state index in [0.29, 0.717) is 51.9 Å². The summed E-state index contributed by atoms with van der Waals surface area (Å²) in [5.41, 5.74) is 0.167. The number of esters is 1. The van der Waals surface area contributed by atoms with Gasteiger partial charge in [-0.2, -0.15) is 0 Å². The Morgan fingerprint density at radius 2 is 1.88 bits per heavy atom. The Hall–Kier alpha value is -2.90. The molecule has 1 aromatic rings. The molecule has 0 bridgehead atoms. The number of cyclic esters (lactones) is 1. The number of piperazine rings is 1. The first-order valence-electron chi connectivity index (χ1n) is 11.6. The van der Waals surface area contributed by atoms with Gasteiger partial charge < -0.3 is 19.4 Å². The third-order valence-corrected chi connectivity index (χ3v) is 7.49. The van der Waals surface area contributed by atoms with Crippen molar-refractivity contribution >= 4 is 23.7 Å². The van der Waals surface area contributed by atoms with Gasteiger partial charge in [-0.05, 0) is 24.8 Å². The van der Waals surface area contributed by atoms with Crippen molar-refractivity contribution in [3.8, 4) is 0 Å². The smallest absolute Gasteiger partial charge is 0.329 e. The molecule has 3 heterocycles. The fourth-order valence-electron chi connectivity index (χ4n) is 5.59. The van der Waals surface area contributed by atoms with Gasteiger partial charge in [0.05, 0.1) is 6.61 Å². The van der Waals surface area contributed by atoms with E-state index in [2.05, 4.69) is 0 Å². The summed E-state index contributed by atoms with van der Waals surface area (Å²) in [5, 5.41) is 0. The second-order valence-electron chi connectivity index (χ2n) is 9.29. The predicted octanol–water partition coefficient (Wildman–Crippen LogP) is 0.985. The molecule has 0 N–H and O–H groups in total. The number of rotatable bonds is 5. The van der Waals surface area contributed by atoms with Crippen molar-refractivity contribution in [2.45, 2.75) is 56.7 Å². The molecule has 8 nitrogen and oxygen atoms in total. The van der Waals surface area contributed by atoms with Crippen LogP contribution >= 0.6 is 0 Å². The van der Waals surface area contributed by atoms with Crippen LogP contribution in [0.2, 0.25) is 0 Å². The lowest BCUT2D eigenvalue weighted by molar-refractivity contribution is -0.161. The third kappa shape index (κ3) is 3.27. The van der Waals surface area contributed by atoms with Crippen LogP contribution in [0.5, 0.6) is 0 Å². The molecule has 1 saturated carbocycles. The van der Waals surface area contributed by atoms with E-state index in [1.807, 2.05) is 37.3 Å². The summed E-state index contributed by atoms with van der Waals surface area (Å²) in [4.78, 5) is 57.3. The highest BCUT2D eigenvalue weighted by Crippen LogP contribution is 2.46. The number of nitrogens with zero attached hydrogens (tertiary/aromatic N) is 3. The SMILES string of the molecule is CCC(=O)N1CCN([C@@H](Cc2ccccc2)C(=O)N2CC[C@H]3COC(=O)[C@H]32)C(=O)C12CC2. The van der Waals surface area contributed by atoms with Crippen LogP contribution in [0.1, 0.15) is 38.2 Å². The van der Waals surface area contributed by atoms with E-state index >= 15 is 0 Å². The van der Waals surface area contributed by atoms with Crippen LogP contribution in [0, 0.1) is 5.92 Å². The number of benzene rings is 1. The second kappa shape index (κ2) is 7.90. The number of fused-ring (bicyclic) bond motifs is 1. The van der Waals surface area contributed by atoms with E-state index in [9.17, 15) is 19.2 Å². The number of carbonyl (C=O) groups excluding carboxylic acids is 4. The van der Waals surface area contributed by atoms with Crippen LogP contribution in [0.3, 0.4) is 0 Å². The molecule has 32 heavy (non-hydrogen) atoms. The molecule has 4 aliphatic rings. The second-order valence-corrected chi connectivity index (χ2v) is 9.29. The topological polar surface area (TPSA) is 87.2 Å². The van der Waals surface area contributed by atoms with Gasteiger partial charge in [0.1, 0.15) is 17.6 Å². The van der Waals surface area contributed by atoms with Crippen molar-refractivity contribution in [3.05, 3.63) is 35.9 Å². The van der Waals surface area contributed by atoms with Crippen LogP contribution in [0.4, 0.5) is 0 Å². The molecule has 0 unspecified atom stereocenters. The molecule has 3 saturated heterocycles. The number of amides is 3. The first-order valence-corrected chi connectivity index (χ1v) is 11.6. The van der Waals surface area contributed by atoms with Crippen molar-refractivity contribution in [2.24, 2.45) is 5.92 Å². The summed E-state index contributed by atoms with van der Waals surface area (Å²) in [7, 11) is 0. The van der Waals surface area contributed by atoms with Gasteiger partial charge in [0, 0.05) is 38.4 Å². The lowest BCUT2D eigenvalue weighted by atomic mass is 9.98. The molecule has 0 aromatic heterocycles. The Kier molecular flexibility index (Phi) is 5.18. The summed E-state index contributed by atoms with van der Waals surface area (Å²) < 4.78 is 5.20. The quantitative estimate of drug-likeness (QED) is 0.639. The molecule has 1 aromatic carbocycles. The number of ether oxygens (including phenoxy) is 1. The summed E-state index contributed by atoms with van der Waals surface area (Å²) in [5.74, 6) is -0.655. The monoisotopic (exact) mass is 439 g/mol. The number of hydrogen-bond donors (Lipinski definition) is 0. The lowest BCUT2D eigenvalue weighted by Gasteiger charge is -2.45. The molecule has 4 fully saturated rings.